The topological polar surface area (TPSA) is 41.7 Å². The minimum absolute atomic E-state index is 0.348. The van der Waals surface area contributed by atoms with Crippen LogP contribution in [-0.4, -0.2) is 9.55 Å². The number of aromatic nitrogens is 2. The molecule has 0 fully saturated rings. The molecule has 11 heavy (non-hydrogen) atoms. The molecule has 0 spiro atoms. The fourth-order valence-corrected chi connectivity index (χ4v) is 0.910. The van der Waals surface area contributed by atoms with Gasteiger partial charge in [0, 0.05) is 18.9 Å². The highest BCUT2D eigenvalue weighted by Crippen LogP contribution is 1.89. The smallest absolute Gasteiger partial charge is 0.221 e. The number of nitrogens with zero attached hydrogens (tertiary/aromatic N) is 2. The normalized spacial score (nSPS) is 9.91. The van der Waals surface area contributed by atoms with Gasteiger partial charge in [0.05, 0.1) is 0 Å². The van der Waals surface area contributed by atoms with Crippen LogP contribution in [0, 0.1) is 5.41 Å². The lowest BCUT2D eigenvalue weighted by atomic mass is 10.3. The zero-order valence-electron chi connectivity index (χ0n) is 6.75. The van der Waals surface area contributed by atoms with Crippen molar-refractivity contribution in [2.24, 2.45) is 0 Å². The highest BCUT2D eigenvalue weighted by atomic mass is 15.0. The molecule has 0 saturated heterocycles. The van der Waals surface area contributed by atoms with Crippen LogP contribution < -0.4 is 5.62 Å². The van der Waals surface area contributed by atoms with Gasteiger partial charge >= 0.3 is 0 Å². The Morgan fingerprint density at radius 1 is 1.64 bits per heavy atom. The number of rotatable bonds is 3. The van der Waals surface area contributed by atoms with Gasteiger partial charge < -0.3 is 4.57 Å². The van der Waals surface area contributed by atoms with E-state index in [2.05, 4.69) is 11.9 Å². The molecule has 0 aromatic carbocycles. The fourth-order valence-electron chi connectivity index (χ4n) is 0.910. The van der Waals surface area contributed by atoms with Crippen LogP contribution in [0.5, 0.6) is 0 Å². The second-order valence-corrected chi connectivity index (χ2v) is 2.49. The molecule has 0 aliphatic heterocycles. The van der Waals surface area contributed by atoms with Gasteiger partial charge in [-0.15, -0.1) is 0 Å². The predicted octanol–water partition coefficient (Wildman–Crippen LogP) is 1.16. The van der Waals surface area contributed by atoms with E-state index in [1.54, 1.807) is 6.20 Å². The summed E-state index contributed by atoms with van der Waals surface area (Å²) in [7, 11) is 0. The molecular formula is C8H13N3. The van der Waals surface area contributed by atoms with Crippen LogP contribution in [0.15, 0.2) is 18.5 Å². The Balaban J connectivity index is 2.70. The first-order chi connectivity index (χ1) is 5.34. The van der Waals surface area contributed by atoms with Crippen LogP contribution in [0.3, 0.4) is 0 Å². The Kier molecular flexibility index (Phi) is 2.83. The summed E-state index contributed by atoms with van der Waals surface area (Å²) in [5.41, 5.74) is 0.348. The van der Waals surface area contributed by atoms with Gasteiger partial charge in [-0.1, -0.05) is 13.3 Å². The highest BCUT2D eigenvalue weighted by molar-refractivity contribution is 4.78. The molecule has 1 heterocycles. The van der Waals surface area contributed by atoms with E-state index in [0.29, 0.717) is 5.62 Å². The van der Waals surface area contributed by atoms with Crippen molar-refractivity contribution >= 4 is 0 Å². The summed E-state index contributed by atoms with van der Waals surface area (Å²) in [5.74, 6) is 0. The molecule has 0 unspecified atom stereocenters. The Hall–Kier alpha value is -1.12. The van der Waals surface area contributed by atoms with Crippen LogP contribution in [-0.2, 0) is 6.54 Å². The maximum atomic E-state index is 7.40. The van der Waals surface area contributed by atoms with Gasteiger partial charge in [0.15, 0.2) is 0 Å². The van der Waals surface area contributed by atoms with Crippen LogP contribution >= 0.6 is 0 Å². The average Bonchev–Trinajstić information content (AvgIpc) is 2.03. The van der Waals surface area contributed by atoms with Crippen molar-refractivity contribution in [3.63, 3.8) is 0 Å². The summed E-state index contributed by atoms with van der Waals surface area (Å²) in [4.78, 5) is 3.86. The first kappa shape index (κ1) is 7.98. The molecule has 1 rings (SSSR count). The zero-order valence-corrected chi connectivity index (χ0v) is 6.75. The molecule has 3 heteroatoms. The van der Waals surface area contributed by atoms with E-state index in [9.17, 15) is 0 Å². The molecule has 0 bridgehead atoms. The summed E-state index contributed by atoms with van der Waals surface area (Å²) in [6, 6.07) is 1.85. The lowest BCUT2D eigenvalue weighted by Crippen LogP contribution is -2.21. The fraction of sp³-hybridized carbons (Fsp3) is 0.500. The van der Waals surface area contributed by atoms with Crippen LogP contribution in [0.25, 0.3) is 0 Å². The van der Waals surface area contributed by atoms with E-state index in [4.69, 9.17) is 5.41 Å². The summed E-state index contributed by atoms with van der Waals surface area (Å²) < 4.78 is 1.85. The number of hydrogen-bond acceptors (Lipinski definition) is 2. The molecule has 60 valence electrons. The van der Waals surface area contributed by atoms with Gasteiger partial charge in [-0.3, -0.25) is 5.41 Å². The molecule has 0 atom stereocenters. The molecule has 1 aromatic heterocycles. The van der Waals surface area contributed by atoms with Crippen molar-refractivity contribution in [1.82, 2.24) is 9.55 Å². The van der Waals surface area contributed by atoms with Gasteiger partial charge in [0.2, 0.25) is 5.62 Å². The average molecular weight is 151 g/mol. The summed E-state index contributed by atoms with van der Waals surface area (Å²) in [5, 5.41) is 7.40. The van der Waals surface area contributed by atoms with Crippen LogP contribution in [0.4, 0.5) is 0 Å². The molecule has 0 saturated carbocycles. The molecule has 1 N–H and O–H groups in total. The first-order valence-electron chi connectivity index (χ1n) is 3.90. The van der Waals surface area contributed by atoms with E-state index in [1.807, 2.05) is 16.8 Å². The van der Waals surface area contributed by atoms with Crippen molar-refractivity contribution in [2.75, 3.05) is 0 Å². The third-order valence-corrected chi connectivity index (χ3v) is 1.57. The van der Waals surface area contributed by atoms with Crippen molar-refractivity contribution < 1.29 is 0 Å². The lowest BCUT2D eigenvalue weighted by Gasteiger charge is -2.02. The maximum absolute atomic E-state index is 7.40. The van der Waals surface area contributed by atoms with E-state index < -0.39 is 0 Å². The van der Waals surface area contributed by atoms with Gasteiger partial charge in [0.1, 0.15) is 0 Å². The van der Waals surface area contributed by atoms with Gasteiger partial charge in [-0.05, 0) is 12.5 Å². The lowest BCUT2D eigenvalue weighted by molar-refractivity contribution is 0.584. The summed E-state index contributed by atoms with van der Waals surface area (Å²) in [6.07, 6.45) is 5.80. The standard InChI is InChI=1S/C8H13N3/c1-2-3-6-11-7-4-5-10-8(11)9/h4-5,7,9H,2-3,6H2,1H3. The summed E-state index contributed by atoms with van der Waals surface area (Å²) in [6.45, 7) is 3.05. The molecule has 0 aliphatic rings. The Morgan fingerprint density at radius 3 is 3.09 bits per heavy atom. The number of nitrogens with one attached hydrogen (secondary N) is 1. The first-order valence-corrected chi connectivity index (χ1v) is 3.90. The largest absolute Gasteiger partial charge is 0.318 e. The minimum Gasteiger partial charge on any atom is -0.318 e. The van der Waals surface area contributed by atoms with E-state index >= 15 is 0 Å². The quantitative estimate of drug-likeness (QED) is 0.692. The number of aryl methyl sites for hydroxylation is 1. The molecule has 0 aliphatic carbocycles. The molecule has 3 nitrogen and oxygen atoms in total. The van der Waals surface area contributed by atoms with Crippen molar-refractivity contribution in [3.05, 3.63) is 24.1 Å². The second-order valence-electron chi connectivity index (χ2n) is 2.49. The molecular weight excluding hydrogens is 138 g/mol. The molecule has 1 aromatic rings. The number of hydrogen-bond donors (Lipinski definition) is 1. The number of unbranched alkanes of at least 4 members (excludes halogenated alkanes) is 1. The predicted molar refractivity (Wildman–Crippen MR) is 43.0 cm³/mol. The molecule has 0 radical (unpaired) electrons. The Labute approximate surface area is 66.2 Å². The van der Waals surface area contributed by atoms with E-state index in [1.165, 1.54) is 0 Å². The zero-order chi connectivity index (χ0) is 8.10. The van der Waals surface area contributed by atoms with E-state index in [0.717, 1.165) is 19.4 Å². The summed E-state index contributed by atoms with van der Waals surface area (Å²) >= 11 is 0. The van der Waals surface area contributed by atoms with Crippen molar-refractivity contribution in [1.29, 1.82) is 5.41 Å². The third-order valence-electron chi connectivity index (χ3n) is 1.57. The van der Waals surface area contributed by atoms with Crippen molar-refractivity contribution in [2.45, 2.75) is 26.3 Å². The Bertz CT molecular complexity index is 264. The van der Waals surface area contributed by atoms with Crippen LogP contribution in [0.1, 0.15) is 19.8 Å². The Morgan fingerprint density at radius 2 is 2.45 bits per heavy atom. The van der Waals surface area contributed by atoms with Crippen LogP contribution in [0.2, 0.25) is 0 Å². The second kappa shape index (κ2) is 3.91. The van der Waals surface area contributed by atoms with Gasteiger partial charge in [-0.25, -0.2) is 4.98 Å². The monoisotopic (exact) mass is 151 g/mol. The van der Waals surface area contributed by atoms with Gasteiger partial charge in [-0.2, -0.15) is 0 Å². The molecule has 0 amide bonds. The maximum Gasteiger partial charge on any atom is 0.221 e. The van der Waals surface area contributed by atoms with E-state index in [-0.39, 0.29) is 0 Å². The highest BCUT2D eigenvalue weighted by Gasteiger charge is 1.88. The van der Waals surface area contributed by atoms with Crippen molar-refractivity contribution in [3.8, 4) is 0 Å². The van der Waals surface area contributed by atoms with Gasteiger partial charge in [0.25, 0.3) is 0 Å². The minimum atomic E-state index is 0.348. The SMILES string of the molecule is CCCCn1cccnc1=N. The third kappa shape index (κ3) is 2.18.